The summed E-state index contributed by atoms with van der Waals surface area (Å²) in [7, 11) is 1.48. The molecule has 1 heterocycles. The van der Waals surface area contributed by atoms with E-state index in [4.69, 9.17) is 4.74 Å². The van der Waals surface area contributed by atoms with E-state index in [1.54, 1.807) is 11.8 Å². The van der Waals surface area contributed by atoms with Gasteiger partial charge in [0.25, 0.3) is 0 Å². The number of carbonyl (C=O) groups excluding carboxylic acids is 2. The lowest BCUT2D eigenvalue weighted by Crippen LogP contribution is -2.63. The summed E-state index contributed by atoms with van der Waals surface area (Å²) < 4.78 is 5.26. The Morgan fingerprint density at radius 1 is 1.24 bits per heavy atom. The average molecular weight is 349 g/mol. The Kier molecular flexibility index (Phi) is 6.35. The zero-order chi connectivity index (χ0) is 18.4. The van der Waals surface area contributed by atoms with E-state index in [0.717, 1.165) is 5.56 Å². The molecule has 0 unspecified atom stereocenters. The zero-order valence-corrected chi connectivity index (χ0v) is 14.3. The minimum Gasteiger partial charge on any atom is -0.465 e. The van der Waals surface area contributed by atoms with Gasteiger partial charge in [0.05, 0.1) is 6.54 Å². The van der Waals surface area contributed by atoms with Crippen LogP contribution in [0.25, 0.3) is 0 Å². The fourth-order valence-corrected chi connectivity index (χ4v) is 2.85. The Morgan fingerprint density at radius 3 is 2.52 bits per heavy atom. The van der Waals surface area contributed by atoms with Crippen molar-refractivity contribution in [1.29, 1.82) is 0 Å². The van der Waals surface area contributed by atoms with Crippen molar-refractivity contribution in [2.45, 2.75) is 25.6 Å². The zero-order valence-electron chi connectivity index (χ0n) is 14.3. The van der Waals surface area contributed by atoms with Crippen LogP contribution >= 0.6 is 0 Å². The Bertz CT molecular complexity index is 622. The van der Waals surface area contributed by atoms with Gasteiger partial charge in [-0.05, 0) is 12.5 Å². The average Bonchev–Trinajstić information content (AvgIpc) is 2.60. The van der Waals surface area contributed by atoms with Crippen molar-refractivity contribution in [3.05, 3.63) is 35.9 Å². The Hall–Kier alpha value is -2.61. The van der Waals surface area contributed by atoms with Gasteiger partial charge in [0.1, 0.15) is 12.6 Å². The molecule has 1 aromatic rings. The van der Waals surface area contributed by atoms with Crippen molar-refractivity contribution >= 4 is 18.0 Å². The number of benzene rings is 1. The van der Waals surface area contributed by atoms with Crippen molar-refractivity contribution in [3.8, 4) is 0 Å². The molecule has 25 heavy (non-hydrogen) atoms. The monoisotopic (exact) mass is 349 g/mol. The molecule has 2 amide bonds. The molecule has 1 aliphatic rings. The Labute approximate surface area is 146 Å². The highest BCUT2D eigenvalue weighted by Gasteiger charge is 2.38. The van der Waals surface area contributed by atoms with Gasteiger partial charge in [0.15, 0.2) is 0 Å². The van der Waals surface area contributed by atoms with E-state index in [1.807, 2.05) is 30.3 Å². The number of ether oxygens (including phenoxy) is 1. The highest BCUT2D eigenvalue weighted by atomic mass is 16.5. The quantitative estimate of drug-likeness (QED) is 0.752. The molecule has 2 N–H and O–H groups in total. The van der Waals surface area contributed by atoms with Crippen LogP contribution in [0.5, 0.6) is 0 Å². The molecular formula is C17H23N3O5. The molecule has 136 valence electrons. The number of amides is 2. The molecular weight excluding hydrogens is 326 g/mol. The van der Waals surface area contributed by atoms with Crippen LogP contribution in [-0.2, 0) is 20.9 Å². The lowest BCUT2D eigenvalue weighted by atomic mass is 10.1. The SMILES string of the molecule is CNC(=O)[C@H]1CN(C(=O)O)[C@H](C)CN1CC(=O)OCc1ccccc1. The molecule has 1 saturated heterocycles. The van der Waals surface area contributed by atoms with Crippen LogP contribution in [0, 0.1) is 0 Å². The van der Waals surface area contributed by atoms with Crippen LogP contribution in [0.1, 0.15) is 12.5 Å². The second-order valence-corrected chi connectivity index (χ2v) is 5.99. The Balaban J connectivity index is 1.98. The van der Waals surface area contributed by atoms with Gasteiger partial charge in [0, 0.05) is 26.2 Å². The van der Waals surface area contributed by atoms with Crippen LogP contribution in [0.4, 0.5) is 4.79 Å². The maximum absolute atomic E-state index is 12.1. The molecule has 0 aliphatic carbocycles. The predicted molar refractivity (Wildman–Crippen MR) is 89.9 cm³/mol. The normalized spacial score (nSPS) is 20.8. The van der Waals surface area contributed by atoms with Crippen LogP contribution in [0.15, 0.2) is 30.3 Å². The summed E-state index contributed by atoms with van der Waals surface area (Å²) >= 11 is 0. The Morgan fingerprint density at radius 2 is 1.92 bits per heavy atom. The number of hydrogen-bond donors (Lipinski definition) is 2. The van der Waals surface area contributed by atoms with Gasteiger partial charge in [-0.3, -0.25) is 14.5 Å². The first-order valence-corrected chi connectivity index (χ1v) is 8.07. The molecule has 8 nitrogen and oxygen atoms in total. The van der Waals surface area contributed by atoms with Crippen LogP contribution in [-0.4, -0.2) is 71.6 Å². The number of carbonyl (C=O) groups is 3. The number of nitrogens with zero attached hydrogens (tertiary/aromatic N) is 2. The third-order valence-electron chi connectivity index (χ3n) is 4.21. The largest absolute Gasteiger partial charge is 0.465 e. The van der Waals surface area contributed by atoms with Gasteiger partial charge in [0.2, 0.25) is 5.91 Å². The second-order valence-electron chi connectivity index (χ2n) is 5.99. The molecule has 0 aromatic heterocycles. The van der Waals surface area contributed by atoms with E-state index in [-0.39, 0.29) is 38.2 Å². The summed E-state index contributed by atoms with van der Waals surface area (Å²) in [6.07, 6.45) is -1.08. The van der Waals surface area contributed by atoms with Gasteiger partial charge >= 0.3 is 12.1 Å². The molecule has 2 rings (SSSR count). The summed E-state index contributed by atoms with van der Waals surface area (Å²) in [6.45, 7) is 2.14. The highest BCUT2D eigenvalue weighted by Crippen LogP contribution is 2.16. The molecule has 0 spiro atoms. The standard InChI is InChI=1S/C17H23N3O5/c1-12-8-19(14(16(22)18-2)9-20(12)17(23)24)10-15(21)25-11-13-6-4-3-5-7-13/h3-7,12,14H,8-11H2,1-2H3,(H,18,22)(H,23,24)/t12-,14-/m1/s1. The van der Waals surface area contributed by atoms with Crippen LogP contribution in [0.2, 0.25) is 0 Å². The number of esters is 1. The maximum atomic E-state index is 12.1. The van der Waals surface area contributed by atoms with Crippen molar-refractivity contribution in [3.63, 3.8) is 0 Å². The van der Waals surface area contributed by atoms with E-state index in [2.05, 4.69) is 5.32 Å². The first-order chi connectivity index (χ1) is 11.9. The summed E-state index contributed by atoms with van der Waals surface area (Å²) in [5, 5.41) is 11.8. The van der Waals surface area contributed by atoms with E-state index in [9.17, 15) is 19.5 Å². The lowest BCUT2D eigenvalue weighted by molar-refractivity contribution is -0.148. The minimum atomic E-state index is -1.08. The van der Waals surface area contributed by atoms with Gasteiger partial charge < -0.3 is 20.1 Å². The number of nitrogens with one attached hydrogen (secondary N) is 1. The maximum Gasteiger partial charge on any atom is 0.407 e. The fraction of sp³-hybridized carbons (Fsp3) is 0.471. The number of likely N-dealkylation sites (N-methyl/N-ethyl adjacent to an activating group) is 1. The predicted octanol–water partition coefficient (Wildman–Crippen LogP) is 0.529. The first kappa shape index (κ1) is 18.7. The van der Waals surface area contributed by atoms with Crippen molar-refractivity contribution in [2.75, 3.05) is 26.7 Å². The minimum absolute atomic E-state index is 0.0160. The highest BCUT2D eigenvalue weighted by molar-refractivity contribution is 5.83. The molecule has 0 bridgehead atoms. The number of hydrogen-bond acceptors (Lipinski definition) is 5. The van der Waals surface area contributed by atoms with Gasteiger partial charge in [-0.15, -0.1) is 0 Å². The molecule has 1 aliphatic heterocycles. The molecule has 1 aromatic carbocycles. The summed E-state index contributed by atoms with van der Waals surface area (Å²) in [5.74, 6) is -0.775. The molecule has 1 fully saturated rings. The summed E-state index contributed by atoms with van der Waals surface area (Å²) in [6, 6.07) is 8.27. The van der Waals surface area contributed by atoms with Gasteiger partial charge in [-0.2, -0.15) is 0 Å². The number of rotatable bonds is 5. The van der Waals surface area contributed by atoms with Gasteiger partial charge in [-0.25, -0.2) is 4.79 Å². The molecule has 0 saturated carbocycles. The third kappa shape index (κ3) is 4.93. The van der Waals surface area contributed by atoms with E-state index < -0.39 is 18.1 Å². The summed E-state index contributed by atoms with van der Waals surface area (Å²) in [4.78, 5) is 38.4. The fourth-order valence-electron chi connectivity index (χ4n) is 2.85. The molecule has 8 heteroatoms. The van der Waals surface area contributed by atoms with Crippen LogP contribution in [0.3, 0.4) is 0 Å². The number of carboxylic acid groups (broad SMARTS) is 1. The summed E-state index contributed by atoms with van der Waals surface area (Å²) in [5.41, 5.74) is 0.878. The van der Waals surface area contributed by atoms with E-state index >= 15 is 0 Å². The van der Waals surface area contributed by atoms with E-state index in [1.165, 1.54) is 11.9 Å². The topological polar surface area (TPSA) is 99.2 Å². The van der Waals surface area contributed by atoms with Crippen molar-refractivity contribution in [1.82, 2.24) is 15.1 Å². The smallest absolute Gasteiger partial charge is 0.407 e. The first-order valence-electron chi connectivity index (χ1n) is 8.07. The van der Waals surface area contributed by atoms with Crippen LogP contribution < -0.4 is 5.32 Å². The van der Waals surface area contributed by atoms with E-state index in [0.29, 0.717) is 0 Å². The van der Waals surface area contributed by atoms with Gasteiger partial charge in [-0.1, -0.05) is 30.3 Å². The second kappa shape index (κ2) is 8.48. The van der Waals surface area contributed by atoms with Crippen molar-refractivity contribution < 1.29 is 24.2 Å². The third-order valence-corrected chi connectivity index (χ3v) is 4.21. The van der Waals surface area contributed by atoms with Crippen molar-refractivity contribution in [2.24, 2.45) is 0 Å². The number of piperazine rings is 1. The molecule has 0 radical (unpaired) electrons. The molecule has 2 atom stereocenters. The lowest BCUT2D eigenvalue weighted by Gasteiger charge is -2.42.